The molecule has 2 heterocycles. The highest BCUT2D eigenvalue weighted by molar-refractivity contribution is 5.75. The van der Waals surface area contributed by atoms with Crippen LogP contribution in [0, 0.1) is 0 Å². The van der Waals surface area contributed by atoms with Gasteiger partial charge in [-0.25, -0.2) is 9.78 Å². The van der Waals surface area contributed by atoms with E-state index in [9.17, 15) is 14.4 Å². The average molecular weight is 291 g/mol. The van der Waals surface area contributed by atoms with Gasteiger partial charge in [0, 0.05) is 43.4 Å². The van der Waals surface area contributed by atoms with Gasteiger partial charge in [0.15, 0.2) is 11.2 Å². The number of aryl methyl sites for hydroxylation is 2. The molecule has 7 heteroatoms. The van der Waals surface area contributed by atoms with Crippen LogP contribution < -0.4 is 11.2 Å². The molecule has 0 aromatic carbocycles. The van der Waals surface area contributed by atoms with E-state index in [0.29, 0.717) is 4.57 Å². The molecule has 0 amide bonds. The fraction of sp³-hybridized carbons (Fsp3) is 0.538. The van der Waals surface area contributed by atoms with Gasteiger partial charge in [-0.3, -0.25) is 13.9 Å². The van der Waals surface area contributed by atoms with Gasteiger partial charge in [0.2, 0.25) is 0 Å². The van der Waals surface area contributed by atoms with Gasteiger partial charge < -0.3 is 9.36 Å². The van der Waals surface area contributed by atoms with E-state index in [0.717, 1.165) is 7.05 Å². The van der Waals surface area contributed by atoms with Crippen molar-refractivity contribution in [1.82, 2.24) is 18.7 Å². The van der Waals surface area contributed by atoms with Crippen LogP contribution >= 0.6 is 0 Å². The summed E-state index contributed by atoms with van der Waals surface area (Å²) in [6.07, 6.45) is -12.2. The van der Waals surface area contributed by atoms with Crippen LogP contribution in [0.2, 0.25) is 0 Å². The maximum absolute atomic E-state index is 12.9. The lowest BCUT2D eigenvalue weighted by Crippen LogP contribution is -2.39. The van der Waals surface area contributed by atoms with Crippen molar-refractivity contribution in [3.8, 4) is 0 Å². The zero-order chi connectivity index (χ0) is 26.1. The third-order valence-electron chi connectivity index (χ3n) is 2.48. The zero-order valence-corrected chi connectivity index (χ0v) is 10.2. The summed E-state index contributed by atoms with van der Waals surface area (Å²) in [4.78, 5) is 41.1. The number of hydrogen-bond donors (Lipinski definition) is 0. The monoisotopic (exact) mass is 291 g/mol. The van der Waals surface area contributed by atoms with Gasteiger partial charge in [0.25, 0.3) is 5.56 Å². The van der Waals surface area contributed by atoms with Crippen LogP contribution in [-0.4, -0.2) is 24.5 Å². The molecule has 20 heavy (non-hydrogen) atoms. The molecular weight excluding hydrogens is 260 g/mol. The molecule has 2 aromatic heterocycles. The Morgan fingerprint density at radius 2 is 2.30 bits per heavy atom. The summed E-state index contributed by atoms with van der Waals surface area (Å²) >= 11 is 0. The minimum absolute atomic E-state index is 0.0689. The predicted molar refractivity (Wildman–Crippen MR) is 74.7 cm³/mol. The summed E-state index contributed by atoms with van der Waals surface area (Å²) < 4.78 is 99.3. The minimum atomic E-state index is -3.91. The molecule has 0 spiro atoms. The van der Waals surface area contributed by atoms with Crippen LogP contribution in [0.15, 0.2) is 15.9 Å². The van der Waals surface area contributed by atoms with E-state index < -0.39 is 74.0 Å². The maximum Gasteiger partial charge on any atom is 0.332 e. The van der Waals surface area contributed by atoms with E-state index in [4.69, 9.17) is 17.8 Å². The number of aromatic nitrogens is 4. The number of carbonyl (C=O) groups is 1. The average Bonchev–Trinajstić information content (AvgIpc) is 2.99. The Labute approximate surface area is 133 Å². The van der Waals surface area contributed by atoms with Crippen molar-refractivity contribution in [1.29, 1.82) is 0 Å². The van der Waals surface area contributed by atoms with Crippen LogP contribution in [0.1, 0.15) is 43.8 Å². The first-order valence-electron chi connectivity index (χ1n) is 11.7. The highest BCUT2D eigenvalue weighted by Gasteiger charge is 2.14. The molecular formula is C13H18N4O3. The number of fused-ring (bicyclic) bond motifs is 1. The lowest BCUT2D eigenvalue weighted by atomic mass is 10.2. The number of Topliss-reactive ketones (excluding diaryl/α,β-unsaturated/α-hetero) is 1. The molecule has 0 bridgehead atoms. The number of nitrogens with zero attached hydrogens (tertiary/aromatic N) is 4. The molecule has 2 rings (SSSR count). The Morgan fingerprint density at radius 3 is 3.00 bits per heavy atom. The van der Waals surface area contributed by atoms with Crippen LogP contribution in [0.5, 0.6) is 0 Å². The minimum Gasteiger partial charge on any atom is -0.328 e. The molecule has 2 aromatic rings. The zero-order valence-electron chi connectivity index (χ0n) is 23.2. The van der Waals surface area contributed by atoms with Gasteiger partial charge in [0.05, 0.1) is 6.30 Å². The van der Waals surface area contributed by atoms with E-state index in [1.165, 1.54) is 0 Å². The summed E-state index contributed by atoms with van der Waals surface area (Å²) in [7, 11) is 1.03. The lowest BCUT2D eigenvalue weighted by molar-refractivity contribution is -0.117. The normalized spacial score (nSPS) is 24.1. The van der Waals surface area contributed by atoms with Crippen molar-refractivity contribution >= 4 is 16.9 Å². The summed E-state index contributed by atoms with van der Waals surface area (Å²) in [6, 6.07) is 0. The Balaban J connectivity index is 2.78. The first kappa shape index (κ1) is 4.98. The first-order chi connectivity index (χ1) is 14.5. The van der Waals surface area contributed by atoms with E-state index in [1.54, 1.807) is 0 Å². The molecule has 0 saturated heterocycles. The Hall–Kier alpha value is -2.18. The fourth-order valence-electron chi connectivity index (χ4n) is 1.57. The van der Waals surface area contributed by atoms with Gasteiger partial charge in [-0.2, -0.15) is 0 Å². The van der Waals surface area contributed by atoms with E-state index >= 15 is 0 Å². The Morgan fingerprint density at radius 1 is 1.50 bits per heavy atom. The van der Waals surface area contributed by atoms with Crippen LogP contribution in [0.4, 0.5) is 0 Å². The Kier molecular flexibility index (Phi) is 1.35. The quantitative estimate of drug-likeness (QED) is 0.788. The second kappa shape index (κ2) is 5.44. The molecule has 0 saturated carbocycles. The van der Waals surface area contributed by atoms with E-state index in [1.807, 2.05) is 0 Å². The number of imidazole rings is 1. The molecule has 108 valence electrons. The molecule has 0 atom stereocenters. The SMILES string of the molecule is [2H]c1nc2c(c(=O)n(CC([2H])([2H])C([2H])([2H])C([2H])([2H])C(=O)C([2H])([2H])[2H])c(=O)n2C)n1C([2H])([2H])[2H]. The first-order valence-corrected chi connectivity index (χ1v) is 5.24. The highest BCUT2D eigenvalue weighted by atomic mass is 16.2. The van der Waals surface area contributed by atoms with Crippen LogP contribution in [-0.2, 0) is 25.4 Å². The van der Waals surface area contributed by atoms with Crippen LogP contribution in [0.3, 0.4) is 0 Å². The maximum atomic E-state index is 12.9. The van der Waals surface area contributed by atoms with Crippen molar-refractivity contribution in [3.63, 3.8) is 0 Å². The third kappa shape index (κ3) is 2.43. The van der Waals surface area contributed by atoms with Crippen molar-refractivity contribution in [2.75, 3.05) is 0 Å². The van der Waals surface area contributed by atoms with Crippen molar-refractivity contribution in [2.24, 2.45) is 14.0 Å². The molecule has 0 radical (unpaired) electrons. The fourth-order valence-corrected chi connectivity index (χ4v) is 1.57. The number of ketones is 1. The highest BCUT2D eigenvalue weighted by Crippen LogP contribution is 2.04. The van der Waals surface area contributed by atoms with Gasteiger partial charge in [-0.05, 0) is 19.6 Å². The summed E-state index contributed by atoms with van der Waals surface area (Å²) in [6.45, 7) is -8.23. The second-order valence-electron chi connectivity index (χ2n) is 3.71. The summed E-state index contributed by atoms with van der Waals surface area (Å²) in [5, 5.41) is 0. The molecule has 0 N–H and O–H groups in total. The number of carbonyl (C=O) groups excluding carboxylic acids is 1. The van der Waals surface area contributed by atoms with Crippen molar-refractivity contribution < 1.29 is 22.6 Å². The smallest absolute Gasteiger partial charge is 0.328 e. The van der Waals surface area contributed by atoms with E-state index in [2.05, 4.69) is 4.98 Å². The lowest BCUT2D eigenvalue weighted by Gasteiger charge is -2.08. The second-order valence-corrected chi connectivity index (χ2v) is 3.71. The van der Waals surface area contributed by atoms with Crippen molar-refractivity contribution in [2.45, 2.75) is 32.5 Å². The molecule has 0 aliphatic rings. The Bertz CT molecular complexity index is 1230. The molecule has 0 fully saturated rings. The molecule has 0 aliphatic carbocycles. The summed E-state index contributed by atoms with van der Waals surface area (Å²) in [5.74, 6) is -2.22. The van der Waals surface area contributed by atoms with Gasteiger partial charge in [-0.1, -0.05) is 0 Å². The molecule has 0 aliphatic heterocycles. The topological polar surface area (TPSA) is 78.9 Å². The standard InChI is InChI=1S/C13H18N4O3/c1-9(18)6-4-5-7-17-12(19)10-11(14-8-15(10)2)16(3)13(17)20/h8H,4-7H2,1-3H3/i1D3,2D3,4D2,5D2,6D2,8D. The van der Waals surface area contributed by atoms with Crippen LogP contribution in [0.25, 0.3) is 11.2 Å². The summed E-state index contributed by atoms with van der Waals surface area (Å²) in [5.41, 5.74) is -4.07. The van der Waals surface area contributed by atoms with E-state index in [-0.39, 0.29) is 9.13 Å². The molecule has 0 unspecified atom stereocenters. The largest absolute Gasteiger partial charge is 0.332 e. The van der Waals surface area contributed by atoms with Gasteiger partial charge in [0.1, 0.15) is 7.15 Å². The van der Waals surface area contributed by atoms with Crippen molar-refractivity contribution in [3.05, 3.63) is 27.1 Å². The number of rotatable bonds is 5. The predicted octanol–water partition coefficient (Wildman–Crippen LogP) is 0.193. The number of hydrogen-bond acceptors (Lipinski definition) is 4. The van der Waals surface area contributed by atoms with Gasteiger partial charge >= 0.3 is 5.69 Å². The van der Waals surface area contributed by atoms with Gasteiger partial charge in [-0.15, -0.1) is 0 Å². The third-order valence-corrected chi connectivity index (χ3v) is 2.48. The molecule has 7 nitrogen and oxygen atoms in total.